The number of benzene rings is 1. The van der Waals surface area contributed by atoms with Gasteiger partial charge >= 0.3 is 6.03 Å². The minimum atomic E-state index is -0.335. The van der Waals surface area contributed by atoms with E-state index in [-0.39, 0.29) is 29.7 Å². The molecular weight excluding hydrogens is 325 g/mol. The Morgan fingerprint density at radius 1 is 1.36 bits per heavy atom. The van der Waals surface area contributed by atoms with Crippen molar-refractivity contribution in [1.29, 1.82) is 0 Å². The smallest absolute Gasteiger partial charge is 0.315 e. The van der Waals surface area contributed by atoms with Crippen molar-refractivity contribution in [2.24, 2.45) is 0 Å². The van der Waals surface area contributed by atoms with Crippen molar-refractivity contribution >= 4 is 6.03 Å². The number of methoxy groups -OCH3 is 2. The van der Waals surface area contributed by atoms with E-state index in [0.717, 1.165) is 31.5 Å². The second kappa shape index (κ2) is 9.58. The lowest BCUT2D eigenvalue weighted by molar-refractivity contribution is 0.165. The summed E-state index contributed by atoms with van der Waals surface area (Å²) in [5, 5.41) is 5.86. The van der Waals surface area contributed by atoms with E-state index in [2.05, 4.69) is 15.5 Å². The van der Waals surface area contributed by atoms with Crippen molar-refractivity contribution in [3.8, 4) is 5.75 Å². The lowest BCUT2D eigenvalue weighted by Gasteiger charge is -2.32. The molecule has 7 heteroatoms. The summed E-state index contributed by atoms with van der Waals surface area (Å²) < 4.78 is 23.7. The average molecular weight is 353 g/mol. The molecule has 0 aliphatic carbocycles. The van der Waals surface area contributed by atoms with Crippen molar-refractivity contribution in [2.75, 3.05) is 33.9 Å². The molecule has 1 fully saturated rings. The SMILES string of the molecule is COCC(C)NC(=O)NC1CCN(Cc2ccc(OC)c(F)c2)CC1. The summed E-state index contributed by atoms with van der Waals surface area (Å²) in [6.07, 6.45) is 1.76. The number of carbonyl (C=O) groups excluding carboxylic acids is 1. The molecule has 1 aliphatic rings. The van der Waals surface area contributed by atoms with Gasteiger partial charge in [0.15, 0.2) is 11.6 Å². The number of rotatable bonds is 7. The van der Waals surface area contributed by atoms with Crippen molar-refractivity contribution in [1.82, 2.24) is 15.5 Å². The molecule has 6 nitrogen and oxygen atoms in total. The zero-order valence-electron chi connectivity index (χ0n) is 15.2. The highest BCUT2D eigenvalue weighted by Crippen LogP contribution is 2.20. The Morgan fingerprint density at radius 2 is 2.08 bits per heavy atom. The molecule has 0 radical (unpaired) electrons. The number of piperidine rings is 1. The number of nitrogens with one attached hydrogen (secondary N) is 2. The fourth-order valence-electron chi connectivity index (χ4n) is 3.04. The monoisotopic (exact) mass is 353 g/mol. The molecule has 1 aliphatic heterocycles. The first-order valence-electron chi connectivity index (χ1n) is 8.62. The largest absolute Gasteiger partial charge is 0.494 e. The van der Waals surface area contributed by atoms with Crippen LogP contribution in [0.2, 0.25) is 0 Å². The van der Waals surface area contributed by atoms with Crippen LogP contribution in [0.15, 0.2) is 18.2 Å². The lowest BCUT2D eigenvalue weighted by atomic mass is 10.0. The van der Waals surface area contributed by atoms with Crippen LogP contribution in [0.5, 0.6) is 5.75 Å². The van der Waals surface area contributed by atoms with Crippen LogP contribution in [0.3, 0.4) is 0 Å². The predicted molar refractivity (Wildman–Crippen MR) is 94.3 cm³/mol. The molecule has 0 aromatic heterocycles. The standard InChI is InChI=1S/C18H28FN3O3/c1-13(12-24-2)20-18(23)21-15-6-8-22(9-7-15)11-14-4-5-17(25-3)16(19)10-14/h4-5,10,13,15H,6-9,11-12H2,1-3H3,(H2,20,21,23). The van der Waals surface area contributed by atoms with Crippen molar-refractivity contribution in [3.63, 3.8) is 0 Å². The van der Waals surface area contributed by atoms with E-state index >= 15 is 0 Å². The molecule has 0 saturated carbocycles. The van der Waals surface area contributed by atoms with Crippen LogP contribution in [-0.2, 0) is 11.3 Å². The third-order valence-electron chi connectivity index (χ3n) is 4.34. The van der Waals surface area contributed by atoms with Crippen molar-refractivity contribution < 1.29 is 18.7 Å². The molecule has 2 rings (SSSR count). The highest BCUT2D eigenvalue weighted by molar-refractivity contribution is 5.74. The van der Waals surface area contributed by atoms with Crippen LogP contribution < -0.4 is 15.4 Å². The molecule has 25 heavy (non-hydrogen) atoms. The van der Waals surface area contributed by atoms with Gasteiger partial charge < -0.3 is 20.1 Å². The number of likely N-dealkylation sites (tertiary alicyclic amines) is 1. The molecular formula is C18H28FN3O3. The van der Waals surface area contributed by atoms with Crippen LogP contribution in [0.1, 0.15) is 25.3 Å². The quantitative estimate of drug-likeness (QED) is 0.788. The number of halogens is 1. The lowest BCUT2D eigenvalue weighted by Crippen LogP contribution is -2.50. The number of carbonyl (C=O) groups is 1. The second-order valence-electron chi connectivity index (χ2n) is 6.49. The van der Waals surface area contributed by atoms with Gasteiger partial charge in [-0.1, -0.05) is 6.07 Å². The van der Waals surface area contributed by atoms with Gasteiger partial charge in [-0.25, -0.2) is 9.18 Å². The molecule has 1 atom stereocenters. The fraction of sp³-hybridized carbons (Fsp3) is 0.611. The Bertz CT molecular complexity index is 562. The Kier molecular flexibility index (Phi) is 7.46. The molecule has 1 aromatic rings. The van der Waals surface area contributed by atoms with E-state index in [9.17, 15) is 9.18 Å². The average Bonchev–Trinajstić information content (AvgIpc) is 2.57. The van der Waals surface area contributed by atoms with Crippen LogP contribution in [0, 0.1) is 5.82 Å². The van der Waals surface area contributed by atoms with E-state index in [1.54, 1.807) is 13.2 Å². The highest BCUT2D eigenvalue weighted by Gasteiger charge is 2.21. The van der Waals surface area contributed by atoms with Gasteiger partial charge in [0, 0.05) is 32.8 Å². The van der Waals surface area contributed by atoms with E-state index in [0.29, 0.717) is 13.2 Å². The van der Waals surface area contributed by atoms with Crippen LogP contribution in [-0.4, -0.2) is 56.9 Å². The minimum absolute atomic E-state index is 0.0185. The Hall–Kier alpha value is -1.86. The third-order valence-corrected chi connectivity index (χ3v) is 4.34. The number of urea groups is 1. The fourth-order valence-corrected chi connectivity index (χ4v) is 3.04. The second-order valence-corrected chi connectivity index (χ2v) is 6.49. The van der Waals surface area contributed by atoms with Gasteiger partial charge in [-0.15, -0.1) is 0 Å². The topological polar surface area (TPSA) is 62.8 Å². The third kappa shape index (κ3) is 6.17. The molecule has 2 N–H and O–H groups in total. The zero-order valence-corrected chi connectivity index (χ0v) is 15.2. The highest BCUT2D eigenvalue weighted by atomic mass is 19.1. The molecule has 0 spiro atoms. The number of nitrogens with zero attached hydrogens (tertiary/aromatic N) is 1. The van der Waals surface area contributed by atoms with Gasteiger partial charge in [0.05, 0.1) is 19.8 Å². The normalized spacial score (nSPS) is 17.1. The summed E-state index contributed by atoms with van der Waals surface area (Å²) in [6, 6.07) is 5.06. The first-order chi connectivity index (χ1) is 12.0. The van der Waals surface area contributed by atoms with Crippen LogP contribution >= 0.6 is 0 Å². The summed E-state index contributed by atoms with van der Waals surface area (Å²) in [5.41, 5.74) is 0.927. The van der Waals surface area contributed by atoms with Gasteiger partial charge in [0.1, 0.15) is 0 Å². The van der Waals surface area contributed by atoms with E-state index in [1.165, 1.54) is 13.2 Å². The van der Waals surface area contributed by atoms with Gasteiger partial charge in [-0.3, -0.25) is 4.90 Å². The number of amides is 2. The summed E-state index contributed by atoms with van der Waals surface area (Å²) in [6.45, 7) is 4.83. The van der Waals surface area contributed by atoms with E-state index in [4.69, 9.17) is 9.47 Å². The first kappa shape index (κ1) is 19.5. The molecule has 1 aromatic carbocycles. The van der Waals surface area contributed by atoms with Crippen LogP contribution in [0.25, 0.3) is 0 Å². The zero-order chi connectivity index (χ0) is 18.2. The van der Waals surface area contributed by atoms with Gasteiger partial charge in [0.25, 0.3) is 0 Å². The Balaban J connectivity index is 1.74. The molecule has 1 unspecified atom stereocenters. The number of hydrogen-bond donors (Lipinski definition) is 2. The van der Waals surface area contributed by atoms with Crippen molar-refractivity contribution in [3.05, 3.63) is 29.6 Å². The maximum Gasteiger partial charge on any atom is 0.315 e. The van der Waals surface area contributed by atoms with E-state index in [1.807, 2.05) is 13.0 Å². The first-order valence-corrected chi connectivity index (χ1v) is 8.62. The summed E-state index contributed by atoms with van der Waals surface area (Å²) in [7, 11) is 3.07. The molecule has 0 bridgehead atoms. The Labute approximate surface area is 148 Å². The summed E-state index contributed by atoms with van der Waals surface area (Å²) in [4.78, 5) is 14.2. The van der Waals surface area contributed by atoms with Crippen LogP contribution in [0.4, 0.5) is 9.18 Å². The molecule has 1 saturated heterocycles. The molecule has 1 heterocycles. The van der Waals surface area contributed by atoms with E-state index < -0.39 is 0 Å². The predicted octanol–water partition coefficient (Wildman–Crippen LogP) is 2.13. The van der Waals surface area contributed by atoms with Crippen molar-refractivity contribution in [2.45, 2.75) is 38.4 Å². The summed E-state index contributed by atoms with van der Waals surface area (Å²) in [5.74, 6) is -0.0706. The van der Waals surface area contributed by atoms with Gasteiger partial charge in [0.2, 0.25) is 0 Å². The number of ether oxygens (including phenoxy) is 2. The minimum Gasteiger partial charge on any atom is -0.494 e. The van der Waals surface area contributed by atoms with Gasteiger partial charge in [-0.05, 0) is 37.5 Å². The molecule has 140 valence electrons. The van der Waals surface area contributed by atoms with Gasteiger partial charge in [-0.2, -0.15) is 0 Å². The maximum atomic E-state index is 13.8. The maximum absolute atomic E-state index is 13.8. The molecule has 2 amide bonds. The summed E-state index contributed by atoms with van der Waals surface area (Å²) >= 11 is 0. The Morgan fingerprint density at radius 3 is 2.68 bits per heavy atom. The number of hydrogen-bond acceptors (Lipinski definition) is 4.